The van der Waals surface area contributed by atoms with Gasteiger partial charge in [-0.05, 0) is 43.2 Å². The number of hydrogen-bond acceptors (Lipinski definition) is 4. The van der Waals surface area contributed by atoms with E-state index in [9.17, 15) is 4.79 Å². The molecule has 2 aromatic carbocycles. The van der Waals surface area contributed by atoms with Gasteiger partial charge in [0.05, 0.1) is 23.8 Å². The van der Waals surface area contributed by atoms with Gasteiger partial charge in [-0.15, -0.1) is 0 Å². The normalized spacial score (nSPS) is 11.0. The predicted molar refractivity (Wildman–Crippen MR) is 122 cm³/mol. The lowest BCUT2D eigenvalue weighted by Gasteiger charge is -2.10. The SMILES string of the molecule is CCNC(=O)c1ccc(Cn2c(SCc3ccc(C)cc3)nc3ccncc32)cc1. The van der Waals surface area contributed by atoms with E-state index < -0.39 is 0 Å². The van der Waals surface area contributed by atoms with Gasteiger partial charge in [0.1, 0.15) is 0 Å². The van der Waals surface area contributed by atoms with Crippen molar-refractivity contribution in [2.45, 2.75) is 31.3 Å². The number of thioether (sulfide) groups is 1. The van der Waals surface area contributed by atoms with Crippen molar-refractivity contribution < 1.29 is 4.79 Å². The highest BCUT2D eigenvalue weighted by molar-refractivity contribution is 7.98. The number of carbonyl (C=O) groups excluding carboxylic acids is 1. The first-order chi connectivity index (χ1) is 14.6. The van der Waals surface area contributed by atoms with Crippen LogP contribution in [0.5, 0.6) is 0 Å². The van der Waals surface area contributed by atoms with E-state index in [1.54, 1.807) is 18.0 Å². The van der Waals surface area contributed by atoms with Gasteiger partial charge in [-0.2, -0.15) is 0 Å². The average molecular weight is 417 g/mol. The molecular weight excluding hydrogens is 392 g/mol. The molecule has 5 nitrogen and oxygen atoms in total. The number of rotatable bonds is 7. The number of pyridine rings is 1. The Morgan fingerprint density at radius 3 is 2.50 bits per heavy atom. The molecule has 4 aromatic rings. The minimum absolute atomic E-state index is 0.0457. The van der Waals surface area contributed by atoms with Crippen molar-refractivity contribution in [1.29, 1.82) is 0 Å². The van der Waals surface area contributed by atoms with Crippen LogP contribution >= 0.6 is 11.8 Å². The molecule has 2 heterocycles. The van der Waals surface area contributed by atoms with Crippen molar-refractivity contribution in [2.24, 2.45) is 0 Å². The van der Waals surface area contributed by atoms with Gasteiger partial charge in [0.2, 0.25) is 0 Å². The zero-order chi connectivity index (χ0) is 20.9. The van der Waals surface area contributed by atoms with Crippen LogP contribution in [0.4, 0.5) is 0 Å². The molecule has 0 fully saturated rings. The van der Waals surface area contributed by atoms with Crippen LogP contribution in [0.3, 0.4) is 0 Å². The van der Waals surface area contributed by atoms with E-state index >= 15 is 0 Å². The van der Waals surface area contributed by atoms with Crippen LogP contribution in [0.15, 0.2) is 72.1 Å². The topological polar surface area (TPSA) is 59.8 Å². The van der Waals surface area contributed by atoms with E-state index in [4.69, 9.17) is 4.98 Å². The van der Waals surface area contributed by atoms with Gasteiger partial charge in [0.15, 0.2) is 5.16 Å². The monoisotopic (exact) mass is 416 g/mol. The van der Waals surface area contributed by atoms with E-state index in [1.165, 1.54) is 11.1 Å². The van der Waals surface area contributed by atoms with Crippen molar-refractivity contribution in [3.05, 3.63) is 89.2 Å². The summed E-state index contributed by atoms with van der Waals surface area (Å²) in [5, 5.41) is 3.79. The second kappa shape index (κ2) is 9.13. The van der Waals surface area contributed by atoms with Gasteiger partial charge in [0.25, 0.3) is 5.91 Å². The summed E-state index contributed by atoms with van der Waals surface area (Å²) < 4.78 is 2.20. The third-order valence-corrected chi connectivity index (χ3v) is 5.95. The van der Waals surface area contributed by atoms with Gasteiger partial charge in [0, 0.05) is 24.1 Å². The molecule has 0 aliphatic carbocycles. The Balaban J connectivity index is 1.58. The van der Waals surface area contributed by atoms with Gasteiger partial charge >= 0.3 is 0 Å². The summed E-state index contributed by atoms with van der Waals surface area (Å²) >= 11 is 1.73. The number of fused-ring (bicyclic) bond motifs is 1. The van der Waals surface area contributed by atoms with E-state index in [0.717, 1.165) is 27.5 Å². The van der Waals surface area contributed by atoms with Crippen LogP contribution in [0.1, 0.15) is 34.0 Å². The molecule has 0 aliphatic heterocycles. The Bertz CT molecular complexity index is 1150. The van der Waals surface area contributed by atoms with Crippen molar-refractivity contribution in [3.8, 4) is 0 Å². The van der Waals surface area contributed by atoms with Crippen molar-refractivity contribution in [1.82, 2.24) is 19.9 Å². The molecule has 30 heavy (non-hydrogen) atoms. The summed E-state index contributed by atoms with van der Waals surface area (Å²) in [6.07, 6.45) is 3.64. The number of aromatic nitrogens is 3. The largest absolute Gasteiger partial charge is 0.352 e. The highest BCUT2D eigenvalue weighted by atomic mass is 32.2. The Morgan fingerprint density at radius 2 is 1.77 bits per heavy atom. The zero-order valence-electron chi connectivity index (χ0n) is 17.1. The fourth-order valence-corrected chi connectivity index (χ4v) is 4.22. The molecule has 0 bridgehead atoms. The molecule has 0 unspecified atom stereocenters. The summed E-state index contributed by atoms with van der Waals surface area (Å²) in [6.45, 7) is 5.31. The van der Waals surface area contributed by atoms with E-state index in [0.29, 0.717) is 18.7 Å². The second-order valence-corrected chi connectivity index (χ2v) is 8.12. The van der Waals surface area contributed by atoms with Crippen molar-refractivity contribution in [2.75, 3.05) is 6.54 Å². The lowest BCUT2D eigenvalue weighted by Crippen LogP contribution is -2.22. The molecule has 0 radical (unpaired) electrons. The molecule has 2 aromatic heterocycles. The Labute approximate surface area is 180 Å². The zero-order valence-corrected chi connectivity index (χ0v) is 17.9. The Kier molecular flexibility index (Phi) is 6.14. The number of nitrogens with zero attached hydrogens (tertiary/aromatic N) is 3. The molecule has 0 saturated heterocycles. The smallest absolute Gasteiger partial charge is 0.251 e. The standard InChI is InChI=1S/C24H24N4OS/c1-3-26-23(29)20-10-8-18(9-11-20)15-28-22-14-25-13-12-21(22)27-24(28)30-16-19-6-4-17(2)5-7-19/h4-14H,3,15-16H2,1-2H3,(H,26,29). The minimum atomic E-state index is -0.0457. The highest BCUT2D eigenvalue weighted by Crippen LogP contribution is 2.27. The van der Waals surface area contributed by atoms with Gasteiger partial charge in [-0.25, -0.2) is 4.98 Å². The molecule has 0 aliphatic rings. The summed E-state index contributed by atoms with van der Waals surface area (Å²) in [7, 11) is 0. The van der Waals surface area contributed by atoms with Gasteiger partial charge in [-0.1, -0.05) is 53.7 Å². The first-order valence-electron chi connectivity index (χ1n) is 10.00. The van der Waals surface area contributed by atoms with Gasteiger partial charge < -0.3 is 9.88 Å². The van der Waals surface area contributed by atoms with E-state index in [1.807, 2.05) is 43.5 Å². The summed E-state index contributed by atoms with van der Waals surface area (Å²) in [5.74, 6) is 0.809. The number of carbonyl (C=O) groups is 1. The minimum Gasteiger partial charge on any atom is -0.352 e. The molecule has 4 rings (SSSR count). The average Bonchev–Trinajstić information content (AvgIpc) is 3.11. The number of imidazole rings is 1. The quantitative estimate of drug-likeness (QED) is 0.438. The number of nitrogens with one attached hydrogen (secondary N) is 1. The maximum Gasteiger partial charge on any atom is 0.251 e. The molecule has 1 amide bonds. The molecule has 0 spiro atoms. The lowest BCUT2D eigenvalue weighted by molar-refractivity contribution is 0.0956. The summed E-state index contributed by atoms with van der Waals surface area (Å²) in [6, 6.07) is 18.3. The Morgan fingerprint density at radius 1 is 1.03 bits per heavy atom. The van der Waals surface area contributed by atoms with Gasteiger partial charge in [-0.3, -0.25) is 9.78 Å². The number of benzene rings is 2. The Hall–Kier alpha value is -3.12. The van der Waals surface area contributed by atoms with Crippen LogP contribution < -0.4 is 5.32 Å². The first-order valence-corrected chi connectivity index (χ1v) is 11.0. The van der Waals surface area contributed by atoms with Crippen LogP contribution in [-0.2, 0) is 12.3 Å². The maximum absolute atomic E-state index is 12.0. The van der Waals surface area contributed by atoms with Crippen molar-refractivity contribution >= 4 is 28.7 Å². The highest BCUT2D eigenvalue weighted by Gasteiger charge is 2.13. The predicted octanol–water partition coefficient (Wildman–Crippen LogP) is 4.83. The molecule has 152 valence electrons. The fourth-order valence-electron chi connectivity index (χ4n) is 3.25. The summed E-state index contributed by atoms with van der Waals surface area (Å²) in [5.41, 5.74) is 6.27. The maximum atomic E-state index is 12.0. The van der Waals surface area contributed by atoms with Crippen LogP contribution in [0, 0.1) is 6.92 Å². The van der Waals surface area contributed by atoms with E-state index in [2.05, 4.69) is 46.1 Å². The first kappa shape index (κ1) is 20.2. The molecule has 0 saturated carbocycles. The van der Waals surface area contributed by atoms with Crippen LogP contribution in [0.2, 0.25) is 0 Å². The number of hydrogen-bond donors (Lipinski definition) is 1. The molecule has 0 atom stereocenters. The summed E-state index contributed by atoms with van der Waals surface area (Å²) in [4.78, 5) is 21.1. The van der Waals surface area contributed by atoms with E-state index in [-0.39, 0.29) is 5.91 Å². The third kappa shape index (κ3) is 4.54. The van der Waals surface area contributed by atoms with Crippen LogP contribution in [-0.4, -0.2) is 27.0 Å². The second-order valence-electron chi connectivity index (χ2n) is 7.18. The lowest BCUT2D eigenvalue weighted by atomic mass is 10.1. The molecule has 6 heteroatoms. The number of aryl methyl sites for hydroxylation is 1. The van der Waals surface area contributed by atoms with Crippen molar-refractivity contribution in [3.63, 3.8) is 0 Å². The fraction of sp³-hybridized carbons (Fsp3) is 0.208. The number of amides is 1. The third-order valence-electron chi connectivity index (χ3n) is 4.90. The van der Waals surface area contributed by atoms with Crippen LogP contribution in [0.25, 0.3) is 11.0 Å². The molecule has 1 N–H and O–H groups in total. The molecular formula is C24H24N4OS.